The Labute approximate surface area is 195 Å². The molecule has 0 spiro atoms. The van der Waals surface area contributed by atoms with Crippen molar-refractivity contribution in [1.29, 1.82) is 0 Å². The fourth-order valence-corrected chi connectivity index (χ4v) is 4.30. The molecule has 0 aliphatic carbocycles. The number of aromatic amines is 1. The van der Waals surface area contributed by atoms with E-state index >= 15 is 0 Å². The molecular formula is C27H23N3O4. The first-order valence-electron chi connectivity index (χ1n) is 10.9. The number of hydrogen-bond donors (Lipinski definition) is 3. The van der Waals surface area contributed by atoms with Crippen LogP contribution in [-0.4, -0.2) is 21.3 Å². The van der Waals surface area contributed by atoms with Gasteiger partial charge < -0.3 is 14.8 Å². The molecule has 3 N–H and O–H groups in total. The van der Waals surface area contributed by atoms with E-state index in [0.29, 0.717) is 22.4 Å². The van der Waals surface area contributed by atoms with Gasteiger partial charge in [0.15, 0.2) is 5.43 Å². The van der Waals surface area contributed by atoms with Gasteiger partial charge in [-0.1, -0.05) is 18.2 Å². The zero-order valence-corrected chi connectivity index (χ0v) is 19.0. The van der Waals surface area contributed by atoms with Crippen molar-refractivity contribution < 1.29 is 14.3 Å². The van der Waals surface area contributed by atoms with Crippen molar-refractivity contribution in [2.45, 2.75) is 26.8 Å². The maximum absolute atomic E-state index is 13.1. The van der Waals surface area contributed by atoms with Gasteiger partial charge in [0, 0.05) is 34.0 Å². The van der Waals surface area contributed by atoms with E-state index in [0.717, 1.165) is 33.3 Å². The number of carboxylic acid groups (broad SMARTS) is 1. The maximum Gasteiger partial charge on any atom is 0.337 e. The van der Waals surface area contributed by atoms with E-state index in [1.54, 1.807) is 24.3 Å². The van der Waals surface area contributed by atoms with E-state index in [4.69, 9.17) is 4.42 Å². The summed E-state index contributed by atoms with van der Waals surface area (Å²) in [7, 11) is 0. The average Bonchev–Trinajstić information content (AvgIpc) is 3.19. The molecule has 0 saturated heterocycles. The minimum atomic E-state index is -1.01. The highest BCUT2D eigenvalue weighted by Crippen LogP contribution is 2.32. The molecule has 0 bridgehead atoms. The molecule has 1 atom stereocenters. The Morgan fingerprint density at radius 2 is 1.85 bits per heavy atom. The Kier molecular flexibility index (Phi) is 5.17. The predicted molar refractivity (Wildman–Crippen MR) is 132 cm³/mol. The van der Waals surface area contributed by atoms with Crippen LogP contribution in [0.15, 0.2) is 69.9 Å². The molecule has 170 valence electrons. The standard InChI is InChI=1S/C27H23N3O4/c1-14-10-20(15(2)28-22-7-5-4-6-18(22)27(32)33)26-21(11-14)24(31)13-25(34-26)17-8-9-23-19(12-17)16(3)29-30-23/h4-13,15,28H,1-3H3,(H,29,30)(H,32,33). The minimum Gasteiger partial charge on any atom is -0.478 e. The van der Waals surface area contributed by atoms with Crippen LogP contribution in [0.1, 0.15) is 40.1 Å². The summed E-state index contributed by atoms with van der Waals surface area (Å²) in [5.41, 5.74) is 5.26. The quantitative estimate of drug-likeness (QED) is 0.309. The fourth-order valence-electron chi connectivity index (χ4n) is 4.30. The van der Waals surface area contributed by atoms with E-state index < -0.39 is 5.97 Å². The van der Waals surface area contributed by atoms with Crippen molar-refractivity contribution in [3.63, 3.8) is 0 Å². The highest BCUT2D eigenvalue weighted by Gasteiger charge is 2.18. The molecular weight excluding hydrogens is 430 g/mol. The van der Waals surface area contributed by atoms with Crippen molar-refractivity contribution in [2.24, 2.45) is 0 Å². The van der Waals surface area contributed by atoms with Gasteiger partial charge in [0.05, 0.1) is 22.5 Å². The van der Waals surface area contributed by atoms with E-state index in [9.17, 15) is 14.7 Å². The minimum absolute atomic E-state index is 0.136. The third-order valence-corrected chi connectivity index (χ3v) is 6.03. The van der Waals surface area contributed by atoms with Gasteiger partial charge in [0.2, 0.25) is 0 Å². The number of carboxylic acids is 1. The monoisotopic (exact) mass is 453 g/mol. The highest BCUT2D eigenvalue weighted by molar-refractivity contribution is 5.94. The van der Waals surface area contributed by atoms with E-state index in [2.05, 4.69) is 15.5 Å². The maximum atomic E-state index is 13.1. The number of anilines is 1. The van der Waals surface area contributed by atoms with Gasteiger partial charge >= 0.3 is 5.97 Å². The van der Waals surface area contributed by atoms with E-state index in [1.165, 1.54) is 6.07 Å². The number of para-hydroxylation sites is 1. The molecule has 0 aliphatic rings. The zero-order valence-electron chi connectivity index (χ0n) is 19.0. The summed E-state index contributed by atoms with van der Waals surface area (Å²) in [5.74, 6) is -0.550. The topological polar surface area (TPSA) is 108 Å². The van der Waals surface area contributed by atoms with Gasteiger partial charge in [-0.3, -0.25) is 9.89 Å². The SMILES string of the molecule is Cc1cc(C(C)Nc2ccccc2C(=O)O)c2oc(-c3ccc4n[nH]c(C)c4c3)cc(=O)c2c1. The Morgan fingerprint density at radius 1 is 1.06 bits per heavy atom. The van der Waals surface area contributed by atoms with Gasteiger partial charge in [-0.2, -0.15) is 5.10 Å². The van der Waals surface area contributed by atoms with Crippen molar-refractivity contribution in [3.8, 4) is 11.3 Å². The Bertz CT molecular complexity index is 1630. The van der Waals surface area contributed by atoms with Crippen molar-refractivity contribution in [3.05, 3.63) is 93.3 Å². The van der Waals surface area contributed by atoms with Crippen LogP contribution in [0.2, 0.25) is 0 Å². The number of aromatic carboxylic acids is 1. The number of nitrogens with zero attached hydrogens (tertiary/aromatic N) is 1. The second kappa shape index (κ2) is 8.19. The van der Waals surface area contributed by atoms with Crippen molar-refractivity contribution >= 4 is 33.5 Å². The number of carbonyl (C=O) groups is 1. The molecule has 0 fully saturated rings. The van der Waals surface area contributed by atoms with Crippen LogP contribution >= 0.6 is 0 Å². The molecule has 0 saturated carbocycles. The lowest BCUT2D eigenvalue weighted by Crippen LogP contribution is -2.12. The number of aryl methyl sites for hydroxylation is 2. The number of rotatable bonds is 5. The summed E-state index contributed by atoms with van der Waals surface area (Å²) in [6, 6.07) is 17.4. The normalized spacial score (nSPS) is 12.2. The first-order chi connectivity index (χ1) is 16.3. The second-order valence-corrected chi connectivity index (χ2v) is 8.50. The molecule has 7 heteroatoms. The zero-order chi connectivity index (χ0) is 24.0. The largest absolute Gasteiger partial charge is 0.478 e. The average molecular weight is 453 g/mol. The molecule has 0 radical (unpaired) electrons. The third-order valence-electron chi connectivity index (χ3n) is 6.03. The van der Waals surface area contributed by atoms with Crippen LogP contribution in [0.3, 0.4) is 0 Å². The summed E-state index contributed by atoms with van der Waals surface area (Å²) in [4.78, 5) is 24.7. The van der Waals surface area contributed by atoms with E-state index in [-0.39, 0.29) is 17.0 Å². The molecule has 34 heavy (non-hydrogen) atoms. The first kappa shape index (κ1) is 21.5. The third kappa shape index (κ3) is 3.71. The van der Waals surface area contributed by atoms with Crippen LogP contribution in [0.25, 0.3) is 33.2 Å². The Hall–Kier alpha value is -4.39. The lowest BCUT2D eigenvalue weighted by Gasteiger charge is -2.19. The molecule has 0 amide bonds. The van der Waals surface area contributed by atoms with Crippen LogP contribution in [0.5, 0.6) is 0 Å². The molecule has 5 aromatic rings. The molecule has 2 aromatic heterocycles. The molecule has 1 unspecified atom stereocenters. The summed E-state index contributed by atoms with van der Waals surface area (Å²) < 4.78 is 6.33. The lowest BCUT2D eigenvalue weighted by molar-refractivity contribution is 0.0698. The molecule has 5 rings (SSSR count). The smallest absolute Gasteiger partial charge is 0.337 e. The fraction of sp³-hybridized carbons (Fsp3) is 0.148. The molecule has 2 heterocycles. The molecule has 7 nitrogen and oxygen atoms in total. The number of fused-ring (bicyclic) bond motifs is 2. The van der Waals surface area contributed by atoms with Crippen LogP contribution in [-0.2, 0) is 0 Å². The van der Waals surface area contributed by atoms with Crippen LogP contribution in [0.4, 0.5) is 5.69 Å². The predicted octanol–water partition coefficient (Wildman–Crippen LogP) is 5.82. The Balaban J connectivity index is 1.65. The summed E-state index contributed by atoms with van der Waals surface area (Å²) in [6.45, 7) is 5.78. The summed E-state index contributed by atoms with van der Waals surface area (Å²) >= 11 is 0. The summed E-state index contributed by atoms with van der Waals surface area (Å²) in [5, 5.41) is 21.5. The first-order valence-corrected chi connectivity index (χ1v) is 10.9. The lowest BCUT2D eigenvalue weighted by atomic mass is 10.00. The Morgan fingerprint density at radius 3 is 2.65 bits per heavy atom. The van der Waals surface area contributed by atoms with Crippen molar-refractivity contribution in [2.75, 3.05) is 5.32 Å². The van der Waals surface area contributed by atoms with Crippen molar-refractivity contribution in [1.82, 2.24) is 10.2 Å². The number of nitrogens with one attached hydrogen (secondary N) is 2. The number of hydrogen-bond acceptors (Lipinski definition) is 5. The molecule has 3 aromatic carbocycles. The number of aromatic nitrogens is 2. The van der Waals surface area contributed by atoms with Crippen LogP contribution in [0, 0.1) is 13.8 Å². The van der Waals surface area contributed by atoms with Crippen LogP contribution < -0.4 is 10.7 Å². The van der Waals surface area contributed by atoms with Gasteiger partial charge in [-0.15, -0.1) is 0 Å². The second-order valence-electron chi connectivity index (χ2n) is 8.50. The van der Waals surface area contributed by atoms with Gasteiger partial charge in [-0.05, 0) is 62.7 Å². The summed E-state index contributed by atoms with van der Waals surface area (Å²) in [6.07, 6.45) is 0. The van der Waals surface area contributed by atoms with E-state index in [1.807, 2.05) is 51.1 Å². The highest BCUT2D eigenvalue weighted by atomic mass is 16.4. The molecule has 0 aliphatic heterocycles. The van der Waals surface area contributed by atoms with Gasteiger partial charge in [0.25, 0.3) is 0 Å². The van der Waals surface area contributed by atoms with Gasteiger partial charge in [-0.25, -0.2) is 4.79 Å². The van der Waals surface area contributed by atoms with Gasteiger partial charge in [0.1, 0.15) is 11.3 Å². The number of benzene rings is 3. The number of H-pyrrole nitrogens is 1.